The van der Waals surface area contributed by atoms with Gasteiger partial charge in [0.15, 0.2) is 0 Å². The van der Waals surface area contributed by atoms with Crippen LogP contribution >= 0.6 is 11.6 Å². The van der Waals surface area contributed by atoms with Crippen LogP contribution in [0.1, 0.15) is 63.6 Å². The molecule has 108 valence electrons. The lowest BCUT2D eigenvalue weighted by molar-refractivity contribution is 0.323. The lowest BCUT2D eigenvalue weighted by Crippen LogP contribution is -2.28. The van der Waals surface area contributed by atoms with Crippen molar-refractivity contribution >= 4 is 11.6 Å². The van der Waals surface area contributed by atoms with E-state index in [9.17, 15) is 0 Å². The summed E-state index contributed by atoms with van der Waals surface area (Å²) in [7, 11) is 2.05. The maximum atomic E-state index is 6.39. The zero-order valence-electron chi connectivity index (χ0n) is 12.2. The predicted octanol–water partition coefficient (Wildman–Crippen LogP) is 4.18. The maximum absolute atomic E-state index is 6.39. The Labute approximate surface area is 121 Å². The molecule has 0 radical (unpaired) electrons. The van der Waals surface area contributed by atoms with E-state index in [4.69, 9.17) is 11.6 Å². The molecule has 0 bridgehead atoms. The normalized spacial score (nSPS) is 19.3. The monoisotopic (exact) mass is 283 g/mol. The minimum absolute atomic E-state index is 0.347. The van der Waals surface area contributed by atoms with Crippen molar-refractivity contribution in [1.29, 1.82) is 0 Å². The molecule has 1 saturated carbocycles. The molecule has 4 heteroatoms. The number of nitrogens with zero attached hydrogens (tertiary/aromatic N) is 2. The molecule has 1 N–H and O–H groups in total. The van der Waals surface area contributed by atoms with Gasteiger partial charge in [-0.1, -0.05) is 44.2 Å². The number of hydrogen-bond acceptors (Lipinski definition) is 2. The zero-order valence-corrected chi connectivity index (χ0v) is 12.9. The van der Waals surface area contributed by atoms with E-state index in [0.717, 1.165) is 18.0 Å². The molecular formula is C15H26ClN3. The van der Waals surface area contributed by atoms with Crippen LogP contribution in [0.25, 0.3) is 0 Å². The Morgan fingerprint density at radius 2 is 2.05 bits per heavy atom. The molecule has 1 aromatic heterocycles. The summed E-state index contributed by atoms with van der Waals surface area (Å²) < 4.78 is 2.09. The van der Waals surface area contributed by atoms with E-state index in [1.165, 1.54) is 44.2 Å². The van der Waals surface area contributed by atoms with Gasteiger partial charge in [0.2, 0.25) is 0 Å². The van der Waals surface area contributed by atoms with Gasteiger partial charge in [0.25, 0.3) is 0 Å². The van der Waals surface area contributed by atoms with E-state index in [0.29, 0.717) is 12.0 Å². The number of aryl methyl sites for hydroxylation is 1. The fraction of sp³-hybridized carbons (Fsp3) is 0.800. The Balaban J connectivity index is 2.22. The van der Waals surface area contributed by atoms with Crippen molar-refractivity contribution in [2.24, 2.45) is 5.92 Å². The van der Waals surface area contributed by atoms with Crippen LogP contribution in [-0.2, 0) is 6.54 Å². The summed E-state index contributed by atoms with van der Waals surface area (Å²) in [6.07, 6.45) is 11.0. The Morgan fingerprint density at radius 3 is 2.63 bits per heavy atom. The van der Waals surface area contributed by atoms with E-state index in [-0.39, 0.29) is 0 Å². The minimum Gasteiger partial charge on any atom is -0.311 e. The third-order valence-electron chi connectivity index (χ3n) is 4.25. The molecule has 0 amide bonds. The maximum Gasteiger partial charge on any atom is 0.0834 e. The summed E-state index contributed by atoms with van der Waals surface area (Å²) in [5.74, 6) is 0.692. The Kier molecular flexibility index (Phi) is 5.71. The third kappa shape index (κ3) is 3.51. The largest absolute Gasteiger partial charge is 0.311 e. The van der Waals surface area contributed by atoms with E-state index < -0.39 is 0 Å². The summed E-state index contributed by atoms with van der Waals surface area (Å²) in [4.78, 5) is 0. The van der Waals surface area contributed by atoms with Gasteiger partial charge in [0.05, 0.1) is 23.0 Å². The van der Waals surface area contributed by atoms with E-state index in [1.807, 2.05) is 0 Å². The zero-order chi connectivity index (χ0) is 13.7. The molecule has 0 aliphatic heterocycles. The molecule has 1 heterocycles. The first-order chi connectivity index (χ1) is 9.27. The number of nitrogens with one attached hydrogen (secondary N) is 1. The molecule has 1 aliphatic rings. The van der Waals surface area contributed by atoms with Crippen LogP contribution in [-0.4, -0.2) is 16.8 Å². The van der Waals surface area contributed by atoms with Crippen molar-refractivity contribution < 1.29 is 0 Å². The topological polar surface area (TPSA) is 29.9 Å². The molecule has 1 fully saturated rings. The highest BCUT2D eigenvalue weighted by molar-refractivity contribution is 6.31. The first-order valence-corrected chi connectivity index (χ1v) is 8.04. The first kappa shape index (κ1) is 14.9. The van der Waals surface area contributed by atoms with Crippen LogP contribution in [0.2, 0.25) is 5.02 Å². The number of halogens is 1. The quantitative estimate of drug-likeness (QED) is 0.822. The van der Waals surface area contributed by atoms with Gasteiger partial charge in [-0.15, -0.1) is 0 Å². The van der Waals surface area contributed by atoms with Crippen LogP contribution < -0.4 is 5.32 Å². The summed E-state index contributed by atoms with van der Waals surface area (Å²) >= 11 is 6.39. The van der Waals surface area contributed by atoms with E-state index in [2.05, 4.69) is 29.1 Å². The van der Waals surface area contributed by atoms with Gasteiger partial charge in [0, 0.05) is 6.54 Å². The second-order valence-electron chi connectivity index (χ2n) is 5.62. The summed E-state index contributed by atoms with van der Waals surface area (Å²) in [5, 5.41) is 8.75. The highest BCUT2D eigenvalue weighted by Crippen LogP contribution is 2.36. The Morgan fingerprint density at radius 1 is 1.37 bits per heavy atom. The summed E-state index contributed by atoms with van der Waals surface area (Å²) in [6, 6.07) is 0.347. The Bertz CT molecular complexity index is 381. The average molecular weight is 284 g/mol. The fourth-order valence-corrected chi connectivity index (χ4v) is 3.57. The molecule has 0 saturated heterocycles. The number of aromatic nitrogens is 2. The minimum atomic E-state index is 0.347. The van der Waals surface area contributed by atoms with Crippen molar-refractivity contribution in [1.82, 2.24) is 15.1 Å². The van der Waals surface area contributed by atoms with Crippen molar-refractivity contribution in [3.63, 3.8) is 0 Å². The molecule has 0 spiro atoms. The van der Waals surface area contributed by atoms with Crippen LogP contribution in [0.4, 0.5) is 0 Å². The molecule has 2 rings (SSSR count). The molecule has 1 aliphatic carbocycles. The lowest BCUT2D eigenvalue weighted by atomic mass is 9.89. The van der Waals surface area contributed by atoms with Crippen LogP contribution in [0.5, 0.6) is 0 Å². The number of hydrogen-bond donors (Lipinski definition) is 1. The van der Waals surface area contributed by atoms with Crippen molar-refractivity contribution in [2.45, 2.75) is 64.5 Å². The van der Waals surface area contributed by atoms with Gasteiger partial charge in [0.1, 0.15) is 0 Å². The van der Waals surface area contributed by atoms with E-state index >= 15 is 0 Å². The summed E-state index contributed by atoms with van der Waals surface area (Å²) in [6.45, 7) is 3.13. The van der Waals surface area contributed by atoms with Gasteiger partial charge in [-0.2, -0.15) is 5.10 Å². The number of rotatable bonds is 5. The third-order valence-corrected chi connectivity index (χ3v) is 4.54. The summed E-state index contributed by atoms with van der Waals surface area (Å²) in [5.41, 5.74) is 1.19. The second-order valence-corrected chi connectivity index (χ2v) is 6.03. The van der Waals surface area contributed by atoms with Gasteiger partial charge >= 0.3 is 0 Å². The van der Waals surface area contributed by atoms with Crippen LogP contribution in [0, 0.1) is 5.92 Å². The van der Waals surface area contributed by atoms with Crippen LogP contribution in [0.3, 0.4) is 0 Å². The average Bonchev–Trinajstić information content (AvgIpc) is 2.65. The highest BCUT2D eigenvalue weighted by atomic mass is 35.5. The fourth-order valence-electron chi connectivity index (χ4n) is 3.31. The Hall–Kier alpha value is -0.540. The van der Waals surface area contributed by atoms with Gasteiger partial charge in [-0.05, 0) is 32.2 Å². The lowest BCUT2D eigenvalue weighted by Gasteiger charge is -2.27. The van der Waals surface area contributed by atoms with Gasteiger partial charge in [-0.3, -0.25) is 4.68 Å². The molecule has 19 heavy (non-hydrogen) atoms. The van der Waals surface area contributed by atoms with Crippen molar-refractivity contribution in [3.8, 4) is 0 Å². The van der Waals surface area contributed by atoms with Crippen molar-refractivity contribution in [2.75, 3.05) is 7.05 Å². The standard InChI is InChI=1S/C15H26ClN3/c1-3-10-19-15(13(16)11-18-19)14(17-2)12-8-6-4-5-7-9-12/h11-12,14,17H,3-10H2,1-2H3. The van der Waals surface area contributed by atoms with Crippen molar-refractivity contribution in [3.05, 3.63) is 16.9 Å². The SMILES string of the molecule is CCCn1ncc(Cl)c1C(NC)C1CCCCCC1. The molecule has 1 atom stereocenters. The predicted molar refractivity (Wildman–Crippen MR) is 80.5 cm³/mol. The molecule has 0 aromatic carbocycles. The van der Waals surface area contributed by atoms with Gasteiger partial charge in [-0.25, -0.2) is 0 Å². The highest BCUT2D eigenvalue weighted by Gasteiger charge is 2.27. The first-order valence-electron chi connectivity index (χ1n) is 7.66. The van der Waals surface area contributed by atoms with Crippen LogP contribution in [0.15, 0.2) is 6.20 Å². The molecule has 1 aromatic rings. The smallest absolute Gasteiger partial charge is 0.0834 e. The molecular weight excluding hydrogens is 258 g/mol. The van der Waals surface area contributed by atoms with Gasteiger partial charge < -0.3 is 5.32 Å². The van der Waals surface area contributed by atoms with E-state index in [1.54, 1.807) is 6.20 Å². The molecule has 3 nitrogen and oxygen atoms in total. The molecule has 1 unspecified atom stereocenters. The second kappa shape index (κ2) is 7.30.